The Morgan fingerprint density at radius 2 is 0.847 bits per heavy atom. The Bertz CT molecular complexity index is 1320. The van der Waals surface area contributed by atoms with Crippen molar-refractivity contribution in [3.05, 3.63) is 0 Å². The summed E-state index contributed by atoms with van der Waals surface area (Å²) < 4.78 is 52.8. The zero-order valence-electron chi connectivity index (χ0n) is 32.3. The number of ether oxygens (including phenoxy) is 9. The third kappa shape index (κ3) is 10.2. The standard InChI is InChI=1S/C34H59NO24/c1-4-10-16(40)21(45)23(47)32(52-10)58-28-25(49)30(50)51-14(8-38)26(28)56-34-29(59-33-24(48)22(46)17(41)11(5-2)53-33)27(19(43)13(7-37)55-34)57-31-15(35-9(3)39)20(44)18(42)12(6-36)54-31/h10-34,36-38,40-50H,4-8H2,1-3H3,(H,35,39)/t10-,11-,12+,13+,14+,15+,16+,17+,18-,19-,20+,21+,22+,23-,24-,25+,26+,27-,28+,29+,30?,31+,32-,33-,34-/m0/s1. The normalized spacial score (nSPS) is 51.0. The van der Waals surface area contributed by atoms with Crippen LogP contribution in [0.3, 0.4) is 0 Å². The second-order valence-electron chi connectivity index (χ2n) is 15.1. The van der Waals surface area contributed by atoms with Crippen LogP contribution in [0.5, 0.6) is 0 Å². The Balaban J connectivity index is 1.56. The summed E-state index contributed by atoms with van der Waals surface area (Å²) in [7, 11) is 0. The number of hydrogen-bond acceptors (Lipinski definition) is 24. The Kier molecular flexibility index (Phi) is 17.1. The van der Waals surface area contributed by atoms with Crippen LogP contribution < -0.4 is 5.32 Å². The van der Waals surface area contributed by atoms with Gasteiger partial charge in [-0.15, -0.1) is 0 Å². The molecule has 0 radical (unpaired) electrons. The number of aliphatic hydroxyl groups excluding tert-OH is 14. The lowest BCUT2D eigenvalue weighted by atomic mass is 9.94. The van der Waals surface area contributed by atoms with Crippen molar-refractivity contribution in [2.24, 2.45) is 0 Å². The molecule has 5 aliphatic rings. The average molecular weight is 866 g/mol. The molecule has 1 unspecified atom stereocenters. The average Bonchev–Trinajstić information content (AvgIpc) is 3.21. The molecule has 344 valence electrons. The third-order valence-electron chi connectivity index (χ3n) is 11.2. The van der Waals surface area contributed by atoms with Crippen molar-refractivity contribution in [1.29, 1.82) is 0 Å². The highest BCUT2D eigenvalue weighted by Crippen LogP contribution is 2.37. The van der Waals surface area contributed by atoms with Gasteiger partial charge in [0.05, 0.1) is 32.0 Å². The number of hydrogen-bond donors (Lipinski definition) is 15. The maximum Gasteiger partial charge on any atom is 0.217 e. The lowest BCUT2D eigenvalue weighted by Gasteiger charge is -2.51. The monoisotopic (exact) mass is 865 g/mol. The van der Waals surface area contributed by atoms with Gasteiger partial charge in [-0.05, 0) is 12.8 Å². The van der Waals surface area contributed by atoms with E-state index in [-0.39, 0.29) is 12.8 Å². The molecule has 15 N–H and O–H groups in total. The van der Waals surface area contributed by atoms with Crippen LogP contribution in [0.15, 0.2) is 0 Å². The number of aliphatic hydroxyl groups is 14. The smallest absolute Gasteiger partial charge is 0.217 e. The van der Waals surface area contributed by atoms with E-state index in [9.17, 15) is 76.3 Å². The minimum Gasteiger partial charge on any atom is -0.394 e. The molecular weight excluding hydrogens is 806 g/mol. The van der Waals surface area contributed by atoms with Crippen LogP contribution in [0, 0.1) is 0 Å². The zero-order chi connectivity index (χ0) is 43.6. The molecule has 1 amide bonds. The quantitative estimate of drug-likeness (QED) is 0.0771. The molecule has 5 heterocycles. The molecule has 25 heteroatoms. The fraction of sp³-hybridized carbons (Fsp3) is 0.971. The molecule has 0 spiro atoms. The van der Waals surface area contributed by atoms with Crippen LogP contribution in [0.2, 0.25) is 0 Å². The third-order valence-corrected chi connectivity index (χ3v) is 11.2. The van der Waals surface area contributed by atoms with E-state index in [4.69, 9.17) is 42.6 Å². The number of rotatable bonds is 14. The van der Waals surface area contributed by atoms with Gasteiger partial charge in [0.25, 0.3) is 0 Å². The van der Waals surface area contributed by atoms with Crippen molar-refractivity contribution in [3.63, 3.8) is 0 Å². The van der Waals surface area contributed by atoms with Crippen LogP contribution in [0.4, 0.5) is 0 Å². The topological polar surface area (TPSA) is 395 Å². The van der Waals surface area contributed by atoms with Gasteiger partial charge in [-0.3, -0.25) is 4.79 Å². The van der Waals surface area contributed by atoms with Crippen LogP contribution in [0.1, 0.15) is 33.6 Å². The van der Waals surface area contributed by atoms with Crippen LogP contribution in [-0.4, -0.2) is 251 Å². The number of amides is 1. The Hall–Kier alpha value is -1.45. The summed E-state index contributed by atoms with van der Waals surface area (Å²) in [5, 5.41) is 152. The summed E-state index contributed by atoms with van der Waals surface area (Å²) in [4.78, 5) is 12.2. The molecule has 0 saturated carbocycles. The molecule has 5 rings (SSSR count). The summed E-state index contributed by atoms with van der Waals surface area (Å²) in [6, 6.07) is -1.60. The highest BCUT2D eigenvalue weighted by Gasteiger charge is 2.58. The summed E-state index contributed by atoms with van der Waals surface area (Å²) >= 11 is 0. The first-order valence-corrected chi connectivity index (χ1v) is 19.4. The van der Waals surface area contributed by atoms with Gasteiger partial charge >= 0.3 is 0 Å². The summed E-state index contributed by atoms with van der Waals surface area (Å²) in [5.74, 6) is -0.744. The molecule has 0 aromatic carbocycles. The van der Waals surface area contributed by atoms with E-state index in [2.05, 4.69) is 5.32 Å². The van der Waals surface area contributed by atoms with E-state index in [1.807, 2.05) is 0 Å². The lowest BCUT2D eigenvalue weighted by molar-refractivity contribution is -0.409. The highest BCUT2D eigenvalue weighted by atomic mass is 16.8. The van der Waals surface area contributed by atoms with E-state index >= 15 is 0 Å². The Morgan fingerprint density at radius 3 is 1.34 bits per heavy atom. The van der Waals surface area contributed by atoms with E-state index in [0.717, 1.165) is 6.92 Å². The molecule has 0 aromatic heterocycles. The first-order valence-electron chi connectivity index (χ1n) is 19.4. The molecule has 5 fully saturated rings. The van der Waals surface area contributed by atoms with Gasteiger partial charge < -0.3 is 119 Å². The van der Waals surface area contributed by atoms with Crippen molar-refractivity contribution >= 4 is 5.91 Å². The van der Waals surface area contributed by atoms with Crippen molar-refractivity contribution in [2.75, 3.05) is 19.8 Å². The fourth-order valence-corrected chi connectivity index (χ4v) is 7.77. The molecule has 0 aromatic rings. The SMILES string of the molecule is CC[C@@H]1O[C@@H](O[C@H]2[C@H](O[C@H]3[C@H](O[C@@H]4O[C@@H](CC)[C@@H](O)[C@@H](O)[C@@H]4O)[C@@H](O)C(O)O[C@@H]3CO)O[C@H](CO)[C@H](O)[C@@H]2O[C@H]2O[C@H](CO)[C@H](O)[C@H](O)[C@H]2NC(C)=O)[C@@H](O)[C@H](O)[C@@H]1O. The van der Waals surface area contributed by atoms with Crippen LogP contribution >= 0.6 is 0 Å². The minimum absolute atomic E-state index is 0.0780. The van der Waals surface area contributed by atoms with Gasteiger partial charge in [-0.25, -0.2) is 0 Å². The van der Waals surface area contributed by atoms with Gasteiger partial charge in [0, 0.05) is 6.92 Å². The largest absolute Gasteiger partial charge is 0.394 e. The summed E-state index contributed by atoms with van der Waals surface area (Å²) in [6.45, 7) is 1.43. The molecular formula is C34H59NO24. The number of carbonyl (C=O) groups excluding carboxylic acids is 1. The molecule has 25 atom stereocenters. The van der Waals surface area contributed by atoms with Gasteiger partial charge in [0.1, 0.15) is 110 Å². The lowest BCUT2D eigenvalue weighted by Crippen LogP contribution is -2.70. The predicted molar refractivity (Wildman–Crippen MR) is 185 cm³/mol. The molecule has 5 aliphatic heterocycles. The van der Waals surface area contributed by atoms with Crippen LogP contribution in [-0.2, 0) is 47.4 Å². The first kappa shape index (κ1) is 48.6. The second kappa shape index (κ2) is 20.8. The van der Waals surface area contributed by atoms with Crippen molar-refractivity contribution in [3.8, 4) is 0 Å². The molecule has 0 bridgehead atoms. The van der Waals surface area contributed by atoms with Crippen molar-refractivity contribution in [2.45, 2.75) is 187 Å². The molecule has 0 aliphatic carbocycles. The second-order valence-corrected chi connectivity index (χ2v) is 15.1. The van der Waals surface area contributed by atoms with E-state index < -0.39 is 179 Å². The van der Waals surface area contributed by atoms with E-state index in [0.29, 0.717) is 0 Å². The van der Waals surface area contributed by atoms with Crippen molar-refractivity contribution in [1.82, 2.24) is 5.32 Å². The minimum atomic E-state index is -2.07. The molecule has 25 nitrogen and oxygen atoms in total. The maximum absolute atomic E-state index is 12.2. The Morgan fingerprint density at radius 1 is 0.441 bits per heavy atom. The summed E-state index contributed by atoms with van der Waals surface area (Å²) in [6.07, 6.45) is -42.5. The number of carbonyl (C=O) groups is 1. The first-order chi connectivity index (χ1) is 27.9. The fourth-order valence-electron chi connectivity index (χ4n) is 7.77. The molecule has 59 heavy (non-hydrogen) atoms. The summed E-state index contributed by atoms with van der Waals surface area (Å²) in [5.41, 5.74) is 0. The predicted octanol–water partition coefficient (Wildman–Crippen LogP) is -8.95. The van der Waals surface area contributed by atoms with Gasteiger partial charge in [-0.1, -0.05) is 13.8 Å². The maximum atomic E-state index is 12.2. The van der Waals surface area contributed by atoms with Gasteiger partial charge in [0.15, 0.2) is 31.5 Å². The van der Waals surface area contributed by atoms with Crippen molar-refractivity contribution < 1.29 is 119 Å². The van der Waals surface area contributed by atoms with E-state index in [1.54, 1.807) is 13.8 Å². The van der Waals surface area contributed by atoms with Gasteiger partial charge in [-0.2, -0.15) is 0 Å². The Labute approximate surface area is 337 Å². The molecule has 5 saturated heterocycles. The zero-order valence-corrected chi connectivity index (χ0v) is 32.3. The van der Waals surface area contributed by atoms with Gasteiger partial charge in [0.2, 0.25) is 5.91 Å². The number of nitrogens with one attached hydrogen (secondary N) is 1. The highest BCUT2D eigenvalue weighted by molar-refractivity contribution is 5.73. The van der Waals surface area contributed by atoms with Crippen LogP contribution in [0.25, 0.3) is 0 Å². The van der Waals surface area contributed by atoms with E-state index in [1.165, 1.54) is 0 Å².